The van der Waals surface area contributed by atoms with Crippen molar-refractivity contribution in [1.29, 1.82) is 0 Å². The lowest BCUT2D eigenvalue weighted by Crippen LogP contribution is -2.58. The minimum absolute atomic E-state index is 0.0350. The quantitative estimate of drug-likeness (QED) is 0.848. The van der Waals surface area contributed by atoms with Gasteiger partial charge in [-0.1, -0.05) is 0 Å². The first-order valence-corrected chi connectivity index (χ1v) is 8.51. The van der Waals surface area contributed by atoms with E-state index < -0.39 is 0 Å². The molecular weight excluding hydrogens is 310 g/mol. The molecule has 2 fully saturated rings. The fourth-order valence-electron chi connectivity index (χ4n) is 4.17. The van der Waals surface area contributed by atoms with E-state index in [1.807, 2.05) is 11.0 Å². The van der Waals surface area contributed by atoms with E-state index in [9.17, 15) is 4.79 Å². The SMILES string of the molecule is COC[C@]12CCCO[C@H]1CCN(C(=O)c1ccc3c(c1)OCO3)C2. The second kappa shape index (κ2) is 6.26. The summed E-state index contributed by atoms with van der Waals surface area (Å²) >= 11 is 0. The van der Waals surface area contributed by atoms with E-state index in [2.05, 4.69) is 0 Å². The largest absolute Gasteiger partial charge is 0.454 e. The molecule has 2 saturated heterocycles. The molecule has 2 atom stereocenters. The van der Waals surface area contributed by atoms with Crippen LogP contribution in [0.4, 0.5) is 0 Å². The molecule has 130 valence electrons. The molecule has 3 heterocycles. The Balaban J connectivity index is 1.54. The Morgan fingerprint density at radius 3 is 3.12 bits per heavy atom. The third-order valence-corrected chi connectivity index (χ3v) is 5.33. The van der Waals surface area contributed by atoms with Gasteiger partial charge in [0.25, 0.3) is 5.91 Å². The number of rotatable bonds is 3. The fraction of sp³-hybridized carbons (Fsp3) is 0.611. The highest BCUT2D eigenvalue weighted by Crippen LogP contribution is 2.41. The first-order valence-electron chi connectivity index (χ1n) is 8.51. The average Bonchev–Trinajstić information content (AvgIpc) is 3.08. The number of nitrogens with zero attached hydrogens (tertiary/aromatic N) is 1. The molecule has 3 aliphatic heterocycles. The third kappa shape index (κ3) is 2.63. The molecule has 6 nitrogen and oxygen atoms in total. The van der Waals surface area contributed by atoms with E-state index >= 15 is 0 Å². The number of amides is 1. The van der Waals surface area contributed by atoms with E-state index in [1.165, 1.54) is 0 Å². The maximum atomic E-state index is 13.0. The summed E-state index contributed by atoms with van der Waals surface area (Å²) in [5, 5.41) is 0. The number of likely N-dealkylation sites (tertiary alicyclic amines) is 1. The van der Waals surface area contributed by atoms with Crippen LogP contribution in [0.15, 0.2) is 18.2 Å². The van der Waals surface area contributed by atoms with Gasteiger partial charge in [-0.2, -0.15) is 0 Å². The summed E-state index contributed by atoms with van der Waals surface area (Å²) in [6.07, 6.45) is 3.11. The molecule has 3 aliphatic rings. The molecule has 0 N–H and O–H groups in total. The van der Waals surface area contributed by atoms with Gasteiger partial charge in [-0.25, -0.2) is 0 Å². The van der Waals surface area contributed by atoms with Crippen molar-refractivity contribution < 1.29 is 23.7 Å². The zero-order chi connectivity index (χ0) is 16.6. The van der Waals surface area contributed by atoms with Gasteiger partial charge in [0.1, 0.15) is 0 Å². The summed E-state index contributed by atoms with van der Waals surface area (Å²) in [6.45, 7) is 3.05. The van der Waals surface area contributed by atoms with Crippen LogP contribution in [0.5, 0.6) is 11.5 Å². The van der Waals surface area contributed by atoms with E-state index in [1.54, 1.807) is 19.2 Å². The van der Waals surface area contributed by atoms with Crippen LogP contribution in [0.3, 0.4) is 0 Å². The second-order valence-corrected chi connectivity index (χ2v) is 6.84. The van der Waals surface area contributed by atoms with Crippen LogP contribution >= 0.6 is 0 Å². The van der Waals surface area contributed by atoms with Crippen molar-refractivity contribution >= 4 is 5.91 Å². The van der Waals surface area contributed by atoms with Gasteiger partial charge in [0.2, 0.25) is 6.79 Å². The Morgan fingerprint density at radius 2 is 2.25 bits per heavy atom. The highest BCUT2D eigenvalue weighted by Gasteiger charge is 2.47. The maximum Gasteiger partial charge on any atom is 0.254 e. The van der Waals surface area contributed by atoms with Gasteiger partial charge < -0.3 is 23.8 Å². The Hall–Kier alpha value is -1.79. The van der Waals surface area contributed by atoms with Gasteiger partial charge in [0.15, 0.2) is 11.5 Å². The molecule has 0 radical (unpaired) electrons. The number of carbonyl (C=O) groups excluding carboxylic acids is 1. The number of methoxy groups -OCH3 is 1. The topological polar surface area (TPSA) is 57.2 Å². The molecule has 4 rings (SSSR count). The van der Waals surface area contributed by atoms with Crippen molar-refractivity contribution in [3.05, 3.63) is 23.8 Å². The minimum atomic E-state index is -0.0861. The summed E-state index contributed by atoms with van der Waals surface area (Å²) in [6, 6.07) is 5.39. The summed E-state index contributed by atoms with van der Waals surface area (Å²) < 4.78 is 22.2. The molecule has 0 saturated carbocycles. The zero-order valence-electron chi connectivity index (χ0n) is 14.0. The predicted molar refractivity (Wildman–Crippen MR) is 86.4 cm³/mol. The van der Waals surface area contributed by atoms with Crippen LogP contribution in [-0.2, 0) is 9.47 Å². The summed E-state index contributed by atoms with van der Waals surface area (Å²) in [7, 11) is 1.72. The predicted octanol–water partition coefficient (Wildman–Crippen LogP) is 2.07. The monoisotopic (exact) mass is 333 g/mol. The molecule has 0 bridgehead atoms. The van der Waals surface area contributed by atoms with Crippen molar-refractivity contribution in [2.75, 3.05) is 40.2 Å². The first-order chi connectivity index (χ1) is 11.7. The lowest BCUT2D eigenvalue weighted by Gasteiger charge is -2.50. The van der Waals surface area contributed by atoms with Gasteiger partial charge in [-0.15, -0.1) is 0 Å². The Labute approximate surface area is 141 Å². The highest BCUT2D eigenvalue weighted by molar-refractivity contribution is 5.95. The van der Waals surface area contributed by atoms with Crippen LogP contribution < -0.4 is 9.47 Å². The van der Waals surface area contributed by atoms with Crippen molar-refractivity contribution in [1.82, 2.24) is 4.90 Å². The number of piperidine rings is 1. The van der Waals surface area contributed by atoms with Gasteiger partial charge in [0.05, 0.1) is 12.7 Å². The normalized spacial score (nSPS) is 28.5. The van der Waals surface area contributed by atoms with Crippen LogP contribution in [0.2, 0.25) is 0 Å². The third-order valence-electron chi connectivity index (χ3n) is 5.33. The lowest BCUT2D eigenvalue weighted by molar-refractivity contribution is -0.142. The average molecular weight is 333 g/mol. The van der Waals surface area contributed by atoms with Gasteiger partial charge in [-0.05, 0) is 37.5 Å². The van der Waals surface area contributed by atoms with E-state index in [-0.39, 0.29) is 24.2 Å². The maximum absolute atomic E-state index is 13.0. The molecule has 24 heavy (non-hydrogen) atoms. The molecule has 6 heteroatoms. The highest BCUT2D eigenvalue weighted by atomic mass is 16.7. The number of benzene rings is 1. The van der Waals surface area contributed by atoms with E-state index in [4.69, 9.17) is 18.9 Å². The molecule has 0 aromatic heterocycles. The van der Waals surface area contributed by atoms with Crippen molar-refractivity contribution in [2.45, 2.75) is 25.4 Å². The number of ether oxygens (including phenoxy) is 4. The number of hydrogen-bond donors (Lipinski definition) is 0. The van der Waals surface area contributed by atoms with Crippen molar-refractivity contribution in [3.63, 3.8) is 0 Å². The van der Waals surface area contributed by atoms with E-state index in [0.29, 0.717) is 36.8 Å². The summed E-state index contributed by atoms with van der Waals surface area (Å²) in [4.78, 5) is 14.9. The molecule has 1 aromatic rings. The standard InChI is InChI=1S/C18H23NO5/c1-21-11-18-6-2-8-22-16(18)5-7-19(10-18)17(20)13-3-4-14-15(9-13)24-12-23-14/h3-4,9,16H,2,5-8,10-12H2,1H3/t16-,18+/m0/s1. The Kier molecular flexibility index (Phi) is 4.10. The van der Waals surface area contributed by atoms with Gasteiger partial charge in [-0.3, -0.25) is 4.79 Å². The van der Waals surface area contributed by atoms with Gasteiger partial charge >= 0.3 is 0 Å². The summed E-state index contributed by atoms with van der Waals surface area (Å²) in [5.41, 5.74) is 0.555. The van der Waals surface area contributed by atoms with Crippen LogP contribution in [0.25, 0.3) is 0 Å². The van der Waals surface area contributed by atoms with Crippen molar-refractivity contribution in [2.24, 2.45) is 5.41 Å². The smallest absolute Gasteiger partial charge is 0.254 e. The number of carbonyl (C=O) groups is 1. The molecule has 0 unspecified atom stereocenters. The fourth-order valence-corrected chi connectivity index (χ4v) is 4.17. The summed E-state index contributed by atoms with van der Waals surface area (Å²) in [5.74, 6) is 1.37. The van der Waals surface area contributed by atoms with Crippen LogP contribution in [0, 0.1) is 5.41 Å². The van der Waals surface area contributed by atoms with E-state index in [0.717, 1.165) is 25.9 Å². The molecule has 0 aliphatic carbocycles. The van der Waals surface area contributed by atoms with Crippen LogP contribution in [-0.4, -0.2) is 57.1 Å². The molecule has 1 aromatic carbocycles. The molecule has 0 spiro atoms. The Morgan fingerprint density at radius 1 is 1.38 bits per heavy atom. The zero-order valence-corrected chi connectivity index (χ0v) is 14.0. The Bertz CT molecular complexity index is 630. The van der Waals surface area contributed by atoms with Gasteiger partial charge in [0, 0.05) is 37.8 Å². The first kappa shape index (κ1) is 15.7. The minimum Gasteiger partial charge on any atom is -0.454 e. The van der Waals surface area contributed by atoms with Crippen LogP contribution in [0.1, 0.15) is 29.6 Å². The number of hydrogen-bond acceptors (Lipinski definition) is 5. The lowest BCUT2D eigenvalue weighted by atomic mass is 9.73. The molecular formula is C18H23NO5. The molecule has 1 amide bonds. The second-order valence-electron chi connectivity index (χ2n) is 6.84. The van der Waals surface area contributed by atoms with Crippen molar-refractivity contribution in [3.8, 4) is 11.5 Å². The number of fused-ring (bicyclic) bond motifs is 2.